The SMILES string of the molecule is COC(=O)C(C)c1cc(C)ccn1. The number of pyridine rings is 1. The maximum atomic E-state index is 11.2. The Morgan fingerprint density at radius 2 is 2.31 bits per heavy atom. The molecule has 1 unspecified atom stereocenters. The van der Waals surface area contributed by atoms with Crippen molar-refractivity contribution in [2.45, 2.75) is 19.8 Å². The number of hydrogen-bond acceptors (Lipinski definition) is 3. The van der Waals surface area contributed by atoms with Gasteiger partial charge in [0.25, 0.3) is 0 Å². The molecule has 13 heavy (non-hydrogen) atoms. The number of aryl methyl sites for hydroxylation is 1. The van der Waals surface area contributed by atoms with Crippen molar-refractivity contribution in [1.82, 2.24) is 4.98 Å². The van der Waals surface area contributed by atoms with Crippen molar-refractivity contribution in [3.8, 4) is 0 Å². The highest BCUT2D eigenvalue weighted by atomic mass is 16.5. The van der Waals surface area contributed by atoms with E-state index in [1.54, 1.807) is 13.1 Å². The zero-order valence-corrected chi connectivity index (χ0v) is 8.07. The fourth-order valence-corrected chi connectivity index (χ4v) is 1.09. The van der Waals surface area contributed by atoms with Crippen molar-refractivity contribution in [3.63, 3.8) is 0 Å². The van der Waals surface area contributed by atoms with Gasteiger partial charge in [-0.2, -0.15) is 0 Å². The number of carbonyl (C=O) groups is 1. The molecule has 0 amide bonds. The number of aromatic nitrogens is 1. The minimum atomic E-state index is -0.287. The molecule has 0 spiro atoms. The number of rotatable bonds is 2. The van der Waals surface area contributed by atoms with Gasteiger partial charge in [-0.25, -0.2) is 0 Å². The number of carbonyl (C=O) groups excluding carboxylic acids is 1. The van der Waals surface area contributed by atoms with E-state index in [2.05, 4.69) is 9.72 Å². The quantitative estimate of drug-likeness (QED) is 0.648. The molecule has 3 heteroatoms. The van der Waals surface area contributed by atoms with Crippen LogP contribution in [0.25, 0.3) is 0 Å². The molecule has 1 aromatic heterocycles. The summed E-state index contributed by atoms with van der Waals surface area (Å²) < 4.78 is 4.63. The molecule has 0 saturated carbocycles. The summed E-state index contributed by atoms with van der Waals surface area (Å²) in [6, 6.07) is 3.79. The standard InChI is InChI=1S/C10H13NO2/c1-7-4-5-11-9(6-7)8(2)10(12)13-3/h4-6,8H,1-3H3. The monoisotopic (exact) mass is 179 g/mol. The Balaban J connectivity index is 2.88. The Morgan fingerprint density at radius 1 is 1.62 bits per heavy atom. The van der Waals surface area contributed by atoms with Crippen LogP contribution in [0.5, 0.6) is 0 Å². The topological polar surface area (TPSA) is 39.2 Å². The number of nitrogens with zero attached hydrogens (tertiary/aromatic N) is 1. The van der Waals surface area contributed by atoms with E-state index in [4.69, 9.17) is 0 Å². The summed E-state index contributed by atoms with van der Waals surface area (Å²) in [4.78, 5) is 15.3. The van der Waals surface area contributed by atoms with Crippen molar-refractivity contribution >= 4 is 5.97 Å². The van der Waals surface area contributed by atoms with Crippen molar-refractivity contribution in [2.24, 2.45) is 0 Å². The molecule has 0 saturated heterocycles. The molecule has 1 atom stereocenters. The first-order valence-corrected chi connectivity index (χ1v) is 4.15. The minimum absolute atomic E-state index is 0.252. The van der Waals surface area contributed by atoms with E-state index in [0.29, 0.717) is 0 Å². The molecule has 1 aromatic rings. The molecular weight excluding hydrogens is 166 g/mol. The molecule has 0 fully saturated rings. The highest BCUT2D eigenvalue weighted by molar-refractivity contribution is 5.76. The zero-order valence-electron chi connectivity index (χ0n) is 8.07. The lowest BCUT2D eigenvalue weighted by Crippen LogP contribution is -2.12. The van der Waals surface area contributed by atoms with E-state index in [-0.39, 0.29) is 11.9 Å². The average molecular weight is 179 g/mol. The van der Waals surface area contributed by atoms with Crippen LogP contribution in [0.4, 0.5) is 0 Å². The van der Waals surface area contributed by atoms with Crippen LogP contribution >= 0.6 is 0 Å². The molecule has 0 aromatic carbocycles. The van der Waals surface area contributed by atoms with Gasteiger partial charge in [-0.05, 0) is 31.5 Å². The minimum Gasteiger partial charge on any atom is -0.469 e. The number of ether oxygens (including phenoxy) is 1. The smallest absolute Gasteiger partial charge is 0.314 e. The van der Waals surface area contributed by atoms with Gasteiger partial charge < -0.3 is 4.74 Å². The Kier molecular flexibility index (Phi) is 3.01. The molecule has 0 aliphatic carbocycles. The van der Waals surface area contributed by atoms with Crippen molar-refractivity contribution in [3.05, 3.63) is 29.6 Å². The summed E-state index contributed by atoms with van der Waals surface area (Å²) in [6.45, 7) is 3.75. The van der Waals surface area contributed by atoms with Crippen LogP contribution in [-0.4, -0.2) is 18.1 Å². The first-order chi connectivity index (χ1) is 6.15. The lowest BCUT2D eigenvalue weighted by Gasteiger charge is -2.08. The van der Waals surface area contributed by atoms with E-state index in [1.807, 2.05) is 19.1 Å². The summed E-state index contributed by atoms with van der Waals surface area (Å²) in [6.07, 6.45) is 1.70. The third-order valence-electron chi connectivity index (χ3n) is 1.93. The van der Waals surface area contributed by atoms with Gasteiger partial charge in [0.05, 0.1) is 18.7 Å². The van der Waals surface area contributed by atoms with Gasteiger partial charge in [0.2, 0.25) is 0 Å². The first-order valence-electron chi connectivity index (χ1n) is 4.15. The van der Waals surface area contributed by atoms with Crippen LogP contribution in [0.2, 0.25) is 0 Å². The molecule has 1 rings (SSSR count). The van der Waals surface area contributed by atoms with Gasteiger partial charge in [-0.15, -0.1) is 0 Å². The first kappa shape index (κ1) is 9.71. The number of hydrogen-bond donors (Lipinski definition) is 0. The third-order valence-corrected chi connectivity index (χ3v) is 1.93. The summed E-state index contributed by atoms with van der Waals surface area (Å²) in [7, 11) is 1.38. The molecule has 3 nitrogen and oxygen atoms in total. The van der Waals surface area contributed by atoms with Gasteiger partial charge in [0.1, 0.15) is 0 Å². The maximum Gasteiger partial charge on any atom is 0.314 e. The zero-order chi connectivity index (χ0) is 9.84. The maximum absolute atomic E-state index is 11.2. The molecule has 0 radical (unpaired) electrons. The molecule has 0 aliphatic heterocycles. The Morgan fingerprint density at radius 3 is 2.85 bits per heavy atom. The van der Waals surface area contributed by atoms with Crippen LogP contribution in [0.1, 0.15) is 24.1 Å². The van der Waals surface area contributed by atoms with Gasteiger partial charge in [0, 0.05) is 6.20 Å². The summed E-state index contributed by atoms with van der Waals surface area (Å²) in [5.74, 6) is -0.539. The summed E-state index contributed by atoms with van der Waals surface area (Å²) in [5, 5.41) is 0. The number of esters is 1. The second-order valence-electron chi connectivity index (χ2n) is 3.00. The summed E-state index contributed by atoms with van der Waals surface area (Å²) >= 11 is 0. The van der Waals surface area contributed by atoms with Gasteiger partial charge in [-0.3, -0.25) is 9.78 Å². The third kappa shape index (κ3) is 2.28. The Labute approximate surface area is 77.8 Å². The van der Waals surface area contributed by atoms with Gasteiger partial charge in [0.15, 0.2) is 0 Å². The van der Waals surface area contributed by atoms with Crippen LogP contribution in [-0.2, 0) is 9.53 Å². The highest BCUT2D eigenvalue weighted by Crippen LogP contribution is 2.14. The van der Waals surface area contributed by atoms with Crippen LogP contribution in [0.15, 0.2) is 18.3 Å². The fourth-order valence-electron chi connectivity index (χ4n) is 1.09. The highest BCUT2D eigenvalue weighted by Gasteiger charge is 2.16. The largest absolute Gasteiger partial charge is 0.469 e. The van der Waals surface area contributed by atoms with Crippen LogP contribution in [0.3, 0.4) is 0 Å². The Bertz CT molecular complexity index is 310. The lowest BCUT2D eigenvalue weighted by atomic mass is 10.1. The van der Waals surface area contributed by atoms with Crippen LogP contribution < -0.4 is 0 Å². The molecular formula is C10H13NO2. The van der Waals surface area contributed by atoms with Gasteiger partial charge in [-0.1, -0.05) is 0 Å². The molecule has 0 N–H and O–H groups in total. The fraction of sp³-hybridized carbons (Fsp3) is 0.400. The van der Waals surface area contributed by atoms with E-state index in [0.717, 1.165) is 11.3 Å². The summed E-state index contributed by atoms with van der Waals surface area (Å²) in [5.41, 5.74) is 1.85. The second kappa shape index (κ2) is 4.03. The number of methoxy groups -OCH3 is 1. The predicted molar refractivity (Wildman–Crippen MR) is 49.4 cm³/mol. The van der Waals surface area contributed by atoms with E-state index < -0.39 is 0 Å². The van der Waals surface area contributed by atoms with Crippen molar-refractivity contribution < 1.29 is 9.53 Å². The van der Waals surface area contributed by atoms with Crippen LogP contribution in [0, 0.1) is 6.92 Å². The van der Waals surface area contributed by atoms with Gasteiger partial charge >= 0.3 is 5.97 Å². The Hall–Kier alpha value is -1.38. The predicted octanol–water partition coefficient (Wildman–Crippen LogP) is 1.67. The normalized spacial score (nSPS) is 12.2. The van der Waals surface area contributed by atoms with Crippen molar-refractivity contribution in [1.29, 1.82) is 0 Å². The molecule has 0 aliphatic rings. The lowest BCUT2D eigenvalue weighted by molar-refractivity contribution is -0.142. The van der Waals surface area contributed by atoms with E-state index in [9.17, 15) is 4.79 Å². The average Bonchev–Trinajstić information content (AvgIpc) is 2.15. The molecule has 1 heterocycles. The molecule has 0 bridgehead atoms. The molecule has 70 valence electrons. The van der Waals surface area contributed by atoms with Crippen molar-refractivity contribution in [2.75, 3.05) is 7.11 Å². The van der Waals surface area contributed by atoms with E-state index >= 15 is 0 Å². The van der Waals surface area contributed by atoms with E-state index in [1.165, 1.54) is 7.11 Å². The second-order valence-corrected chi connectivity index (χ2v) is 3.00.